The molecule has 3 N–H and O–H groups in total. The van der Waals surface area contributed by atoms with Crippen LogP contribution in [0.4, 0.5) is 0 Å². The van der Waals surface area contributed by atoms with Crippen molar-refractivity contribution in [2.45, 2.75) is 51.3 Å². The second-order valence-corrected chi connectivity index (χ2v) is 6.47. The van der Waals surface area contributed by atoms with Crippen molar-refractivity contribution >= 4 is 5.96 Å². The summed E-state index contributed by atoms with van der Waals surface area (Å²) in [6, 6.07) is 10.6. The minimum absolute atomic E-state index is 0.136. The van der Waals surface area contributed by atoms with Crippen LogP contribution in [0.2, 0.25) is 0 Å². The van der Waals surface area contributed by atoms with Gasteiger partial charge in [0, 0.05) is 25.0 Å². The second-order valence-electron chi connectivity index (χ2n) is 6.47. The fourth-order valence-electron chi connectivity index (χ4n) is 3.12. The molecule has 1 aromatic carbocycles. The topological polar surface area (TPSA) is 74.5 Å². The molecule has 0 spiro atoms. The third-order valence-corrected chi connectivity index (χ3v) is 4.48. The number of aliphatic imine (C=N–C) groups is 1. The van der Waals surface area contributed by atoms with Gasteiger partial charge >= 0.3 is 0 Å². The summed E-state index contributed by atoms with van der Waals surface area (Å²) in [5.74, 6) is 0.841. The summed E-state index contributed by atoms with van der Waals surface area (Å²) in [5.41, 5.74) is 2.18. The quantitative estimate of drug-likeness (QED) is 0.576. The highest BCUT2D eigenvalue weighted by atomic mass is 16.3. The Labute approximate surface area is 149 Å². The summed E-state index contributed by atoms with van der Waals surface area (Å²) in [6.45, 7) is 3.51. The number of nitrogens with zero attached hydrogens (tertiary/aromatic N) is 3. The Balaban J connectivity index is 1.64. The first kappa shape index (κ1) is 17.5. The molecular weight excluding hydrogens is 314 g/mol. The lowest BCUT2D eigenvalue weighted by Crippen LogP contribution is -2.45. The van der Waals surface area contributed by atoms with Gasteiger partial charge in [-0.05, 0) is 56.4 Å². The fraction of sp³-hybridized carbons (Fsp3) is 0.474. The van der Waals surface area contributed by atoms with E-state index >= 15 is 0 Å². The number of hydrogen-bond acceptors (Lipinski definition) is 3. The third-order valence-electron chi connectivity index (χ3n) is 4.48. The zero-order valence-corrected chi connectivity index (χ0v) is 14.7. The van der Waals surface area contributed by atoms with E-state index in [0.29, 0.717) is 12.6 Å². The molecule has 0 amide bonds. The number of aromatic nitrogens is 2. The van der Waals surface area contributed by atoms with Crippen molar-refractivity contribution in [2.75, 3.05) is 6.54 Å². The van der Waals surface area contributed by atoms with Crippen LogP contribution >= 0.6 is 0 Å². The summed E-state index contributed by atoms with van der Waals surface area (Å²) in [6.07, 6.45) is 7.28. The molecule has 0 atom stereocenters. The predicted octanol–water partition coefficient (Wildman–Crippen LogP) is 2.23. The van der Waals surface area contributed by atoms with Gasteiger partial charge < -0.3 is 15.7 Å². The number of aliphatic hydroxyl groups excluding tert-OH is 1. The molecule has 0 bridgehead atoms. The Morgan fingerprint density at radius 2 is 2.12 bits per heavy atom. The standard InChI is InChI=1S/C19H27N5O/c1-2-20-19(23-16-7-9-18(25)10-8-16)21-14-15-5-3-6-17(13-15)24-12-4-11-22-24/h3-6,11-13,16,18,25H,2,7-10,14H2,1H3,(H2,20,21,23). The van der Waals surface area contributed by atoms with Crippen LogP contribution in [-0.2, 0) is 6.54 Å². The normalized spacial score (nSPS) is 21.1. The van der Waals surface area contributed by atoms with Crippen molar-refractivity contribution < 1.29 is 5.11 Å². The molecule has 1 aliphatic carbocycles. The maximum Gasteiger partial charge on any atom is 0.191 e. The van der Waals surface area contributed by atoms with Gasteiger partial charge in [0.2, 0.25) is 0 Å². The number of nitrogens with one attached hydrogen (secondary N) is 2. The second kappa shape index (κ2) is 8.67. The van der Waals surface area contributed by atoms with Gasteiger partial charge in [0.25, 0.3) is 0 Å². The number of rotatable bonds is 5. The minimum Gasteiger partial charge on any atom is -0.393 e. The van der Waals surface area contributed by atoms with Gasteiger partial charge in [0.15, 0.2) is 5.96 Å². The van der Waals surface area contributed by atoms with Crippen LogP contribution in [-0.4, -0.2) is 39.5 Å². The molecule has 1 fully saturated rings. The third kappa shape index (κ3) is 5.06. The van der Waals surface area contributed by atoms with Crippen LogP contribution in [0, 0.1) is 0 Å². The van der Waals surface area contributed by atoms with Crippen molar-refractivity contribution in [3.63, 3.8) is 0 Å². The lowest BCUT2D eigenvalue weighted by molar-refractivity contribution is 0.120. The van der Waals surface area contributed by atoms with Crippen LogP contribution in [0.1, 0.15) is 38.2 Å². The Morgan fingerprint density at radius 3 is 2.84 bits per heavy atom. The van der Waals surface area contributed by atoms with Gasteiger partial charge in [0.1, 0.15) is 0 Å². The summed E-state index contributed by atoms with van der Waals surface area (Å²) in [7, 11) is 0. The fourth-order valence-corrected chi connectivity index (χ4v) is 3.12. The number of guanidine groups is 1. The average Bonchev–Trinajstić information content (AvgIpc) is 3.17. The van der Waals surface area contributed by atoms with Crippen LogP contribution in [0.3, 0.4) is 0 Å². The molecule has 6 heteroatoms. The molecule has 1 aromatic heterocycles. The number of benzene rings is 1. The first-order valence-electron chi connectivity index (χ1n) is 9.06. The molecule has 1 aliphatic rings. The molecular formula is C19H27N5O. The van der Waals surface area contributed by atoms with Crippen molar-refractivity contribution in [1.82, 2.24) is 20.4 Å². The highest BCUT2D eigenvalue weighted by molar-refractivity contribution is 5.80. The first-order valence-corrected chi connectivity index (χ1v) is 9.06. The summed E-state index contributed by atoms with van der Waals surface area (Å²) in [4.78, 5) is 4.72. The maximum absolute atomic E-state index is 9.64. The van der Waals surface area contributed by atoms with E-state index in [1.165, 1.54) is 0 Å². The zero-order chi connectivity index (χ0) is 17.5. The van der Waals surface area contributed by atoms with E-state index in [0.717, 1.165) is 49.4 Å². The molecule has 134 valence electrons. The number of hydrogen-bond donors (Lipinski definition) is 3. The minimum atomic E-state index is -0.136. The smallest absolute Gasteiger partial charge is 0.191 e. The van der Waals surface area contributed by atoms with E-state index in [4.69, 9.17) is 4.99 Å². The van der Waals surface area contributed by atoms with Crippen LogP contribution in [0.5, 0.6) is 0 Å². The molecule has 0 saturated heterocycles. The van der Waals surface area contributed by atoms with Gasteiger partial charge in [-0.3, -0.25) is 0 Å². The monoisotopic (exact) mass is 341 g/mol. The van der Waals surface area contributed by atoms with Crippen molar-refractivity contribution in [1.29, 1.82) is 0 Å². The van der Waals surface area contributed by atoms with Gasteiger partial charge in [0.05, 0.1) is 18.3 Å². The lowest BCUT2D eigenvalue weighted by atomic mass is 9.93. The molecule has 3 rings (SSSR count). The number of aliphatic hydroxyl groups is 1. The van der Waals surface area contributed by atoms with Gasteiger partial charge in [-0.25, -0.2) is 9.67 Å². The van der Waals surface area contributed by atoms with E-state index < -0.39 is 0 Å². The summed E-state index contributed by atoms with van der Waals surface area (Å²) >= 11 is 0. The highest BCUT2D eigenvalue weighted by Gasteiger charge is 2.19. The van der Waals surface area contributed by atoms with E-state index in [-0.39, 0.29) is 6.10 Å². The van der Waals surface area contributed by atoms with E-state index in [2.05, 4.69) is 34.8 Å². The summed E-state index contributed by atoms with van der Waals surface area (Å²) in [5, 5.41) is 20.7. The molecule has 2 aromatic rings. The van der Waals surface area contributed by atoms with Gasteiger partial charge in [-0.15, -0.1) is 0 Å². The molecule has 0 radical (unpaired) electrons. The molecule has 1 saturated carbocycles. The Hall–Kier alpha value is -2.34. The lowest BCUT2D eigenvalue weighted by Gasteiger charge is -2.27. The maximum atomic E-state index is 9.64. The van der Waals surface area contributed by atoms with Crippen molar-refractivity contribution in [2.24, 2.45) is 4.99 Å². The van der Waals surface area contributed by atoms with Gasteiger partial charge in [-0.2, -0.15) is 5.10 Å². The Kier molecular flexibility index (Phi) is 6.06. The summed E-state index contributed by atoms with van der Waals surface area (Å²) < 4.78 is 1.85. The van der Waals surface area contributed by atoms with E-state index in [1.807, 2.05) is 29.1 Å². The van der Waals surface area contributed by atoms with E-state index in [1.54, 1.807) is 6.20 Å². The van der Waals surface area contributed by atoms with Crippen LogP contribution in [0.25, 0.3) is 5.69 Å². The largest absolute Gasteiger partial charge is 0.393 e. The molecule has 6 nitrogen and oxygen atoms in total. The van der Waals surface area contributed by atoms with Crippen LogP contribution < -0.4 is 10.6 Å². The zero-order valence-electron chi connectivity index (χ0n) is 14.7. The Morgan fingerprint density at radius 1 is 1.28 bits per heavy atom. The molecule has 0 unspecified atom stereocenters. The van der Waals surface area contributed by atoms with Gasteiger partial charge in [-0.1, -0.05) is 12.1 Å². The molecule has 25 heavy (non-hydrogen) atoms. The van der Waals surface area contributed by atoms with Crippen molar-refractivity contribution in [3.05, 3.63) is 48.3 Å². The van der Waals surface area contributed by atoms with E-state index in [9.17, 15) is 5.11 Å². The van der Waals surface area contributed by atoms with Crippen LogP contribution in [0.15, 0.2) is 47.7 Å². The molecule has 0 aliphatic heterocycles. The first-order chi connectivity index (χ1) is 12.2. The Bertz CT molecular complexity index is 675. The highest BCUT2D eigenvalue weighted by Crippen LogP contribution is 2.18. The molecule has 1 heterocycles. The predicted molar refractivity (Wildman–Crippen MR) is 99.8 cm³/mol. The average molecular weight is 341 g/mol. The van der Waals surface area contributed by atoms with Crippen molar-refractivity contribution in [3.8, 4) is 5.69 Å². The SMILES string of the molecule is CCNC(=NCc1cccc(-n2cccn2)c1)NC1CCC(O)CC1.